The number of aryl methyl sites for hydroxylation is 2. The molecule has 0 saturated carbocycles. The minimum absolute atomic E-state index is 0.0500. The summed E-state index contributed by atoms with van der Waals surface area (Å²) in [5, 5.41) is 2.85. The normalized spacial score (nSPS) is 10.3. The van der Waals surface area contributed by atoms with Crippen molar-refractivity contribution in [3.63, 3.8) is 0 Å². The number of hydrogen-bond acceptors (Lipinski definition) is 3. The summed E-state index contributed by atoms with van der Waals surface area (Å²) in [5.41, 5.74) is 3.11. The van der Waals surface area contributed by atoms with Crippen LogP contribution in [0.1, 0.15) is 24.5 Å². The van der Waals surface area contributed by atoms with Crippen LogP contribution in [0.25, 0.3) is 0 Å². The second-order valence-electron chi connectivity index (χ2n) is 5.10. The van der Waals surface area contributed by atoms with Crippen LogP contribution < -0.4 is 5.32 Å². The van der Waals surface area contributed by atoms with Gasteiger partial charge in [-0.1, -0.05) is 6.07 Å². The Balaban J connectivity index is 2.48. The molecule has 0 aliphatic carbocycles. The second kappa shape index (κ2) is 8.42. The molecule has 0 atom stereocenters. The molecule has 0 aromatic heterocycles. The largest absolute Gasteiger partial charge is 0.383 e. The number of hydrogen-bond donors (Lipinski definition) is 1. The van der Waals surface area contributed by atoms with E-state index in [4.69, 9.17) is 4.74 Å². The molecule has 0 heterocycles. The second-order valence-corrected chi connectivity index (χ2v) is 5.10. The Bertz CT molecular complexity index is 500. The topological polar surface area (TPSA) is 58.6 Å². The fourth-order valence-corrected chi connectivity index (χ4v) is 1.91. The molecule has 0 aliphatic rings. The number of anilines is 1. The first kappa shape index (κ1) is 17.2. The Hall–Kier alpha value is -1.88. The van der Waals surface area contributed by atoms with Gasteiger partial charge in [-0.2, -0.15) is 0 Å². The highest BCUT2D eigenvalue weighted by Gasteiger charge is 2.11. The minimum atomic E-state index is -0.0954. The maximum atomic E-state index is 11.9. The lowest BCUT2D eigenvalue weighted by molar-refractivity contribution is -0.130. The van der Waals surface area contributed by atoms with Crippen LogP contribution in [-0.4, -0.2) is 43.5 Å². The van der Waals surface area contributed by atoms with Crippen LogP contribution in [0.2, 0.25) is 0 Å². The van der Waals surface area contributed by atoms with E-state index in [1.165, 1.54) is 12.5 Å². The van der Waals surface area contributed by atoms with Gasteiger partial charge >= 0.3 is 0 Å². The Morgan fingerprint density at radius 1 is 1.19 bits per heavy atom. The Morgan fingerprint density at radius 3 is 2.48 bits per heavy atom. The Kier molecular flexibility index (Phi) is 6.88. The van der Waals surface area contributed by atoms with E-state index in [9.17, 15) is 9.59 Å². The number of amides is 2. The van der Waals surface area contributed by atoms with Crippen LogP contribution in [0.4, 0.5) is 5.69 Å². The molecule has 5 heteroatoms. The SMILES string of the molecule is COCCN(CCC(=O)Nc1ccc(C)c(C)c1)C(C)=O. The van der Waals surface area contributed by atoms with Crippen LogP contribution in [-0.2, 0) is 14.3 Å². The fourth-order valence-electron chi connectivity index (χ4n) is 1.91. The quantitative estimate of drug-likeness (QED) is 0.837. The highest BCUT2D eigenvalue weighted by Crippen LogP contribution is 2.14. The van der Waals surface area contributed by atoms with Gasteiger partial charge in [-0.3, -0.25) is 9.59 Å². The van der Waals surface area contributed by atoms with E-state index in [-0.39, 0.29) is 18.2 Å². The van der Waals surface area contributed by atoms with E-state index in [1.807, 2.05) is 32.0 Å². The van der Waals surface area contributed by atoms with Gasteiger partial charge in [0.15, 0.2) is 0 Å². The van der Waals surface area contributed by atoms with Crippen LogP contribution in [0.3, 0.4) is 0 Å². The highest BCUT2D eigenvalue weighted by molar-refractivity contribution is 5.91. The van der Waals surface area contributed by atoms with E-state index in [0.717, 1.165) is 11.3 Å². The van der Waals surface area contributed by atoms with Gasteiger partial charge in [-0.15, -0.1) is 0 Å². The first-order valence-corrected chi connectivity index (χ1v) is 7.05. The summed E-state index contributed by atoms with van der Waals surface area (Å²) in [6.45, 7) is 6.90. The van der Waals surface area contributed by atoms with Crippen molar-refractivity contribution in [3.05, 3.63) is 29.3 Å². The van der Waals surface area contributed by atoms with Crippen LogP contribution in [0, 0.1) is 13.8 Å². The van der Waals surface area contributed by atoms with Crippen LogP contribution >= 0.6 is 0 Å². The summed E-state index contributed by atoms with van der Waals surface area (Å²) in [5.74, 6) is -0.145. The third kappa shape index (κ3) is 5.95. The highest BCUT2D eigenvalue weighted by atomic mass is 16.5. The molecule has 0 radical (unpaired) electrons. The van der Waals surface area contributed by atoms with Gasteiger partial charge in [0.25, 0.3) is 0 Å². The van der Waals surface area contributed by atoms with Gasteiger partial charge in [0.2, 0.25) is 11.8 Å². The van der Waals surface area contributed by atoms with E-state index in [2.05, 4.69) is 5.32 Å². The fraction of sp³-hybridized carbons (Fsp3) is 0.500. The Labute approximate surface area is 126 Å². The van der Waals surface area contributed by atoms with Crippen LogP contribution in [0.5, 0.6) is 0 Å². The summed E-state index contributed by atoms with van der Waals surface area (Å²) in [6.07, 6.45) is 0.274. The number of rotatable bonds is 7. The lowest BCUT2D eigenvalue weighted by Crippen LogP contribution is -2.34. The summed E-state index contributed by atoms with van der Waals surface area (Å²) in [6, 6.07) is 5.81. The molecular weight excluding hydrogens is 268 g/mol. The molecule has 5 nitrogen and oxygen atoms in total. The Morgan fingerprint density at radius 2 is 1.90 bits per heavy atom. The number of nitrogens with zero attached hydrogens (tertiary/aromatic N) is 1. The van der Waals surface area contributed by atoms with Crippen molar-refractivity contribution in [2.24, 2.45) is 0 Å². The molecule has 0 bridgehead atoms. The van der Waals surface area contributed by atoms with Crippen molar-refractivity contribution in [2.75, 3.05) is 32.1 Å². The first-order valence-electron chi connectivity index (χ1n) is 7.05. The third-order valence-electron chi connectivity index (χ3n) is 3.41. The zero-order valence-electron chi connectivity index (χ0n) is 13.2. The molecule has 0 aliphatic heterocycles. The molecule has 0 unspecified atom stereocenters. The number of carbonyl (C=O) groups excluding carboxylic acids is 2. The van der Waals surface area contributed by atoms with Crippen molar-refractivity contribution in [1.29, 1.82) is 0 Å². The maximum absolute atomic E-state index is 11.9. The third-order valence-corrected chi connectivity index (χ3v) is 3.41. The van der Waals surface area contributed by atoms with Crippen molar-refractivity contribution in [1.82, 2.24) is 4.90 Å². The van der Waals surface area contributed by atoms with Gasteiger partial charge in [-0.25, -0.2) is 0 Å². The standard InChI is InChI=1S/C16H24N2O3/c1-12-5-6-15(11-13(12)2)17-16(20)7-8-18(14(3)19)9-10-21-4/h5-6,11H,7-10H2,1-4H3,(H,17,20). The van der Waals surface area contributed by atoms with Crippen molar-refractivity contribution in [3.8, 4) is 0 Å². The van der Waals surface area contributed by atoms with Crippen molar-refractivity contribution in [2.45, 2.75) is 27.2 Å². The molecule has 1 aromatic carbocycles. The molecular formula is C16H24N2O3. The average molecular weight is 292 g/mol. The number of methoxy groups -OCH3 is 1. The zero-order valence-corrected chi connectivity index (χ0v) is 13.2. The van der Waals surface area contributed by atoms with Gasteiger partial charge in [0.1, 0.15) is 0 Å². The molecule has 0 saturated heterocycles. The van der Waals surface area contributed by atoms with Gasteiger partial charge in [0, 0.05) is 39.2 Å². The van der Waals surface area contributed by atoms with E-state index < -0.39 is 0 Å². The predicted octanol–water partition coefficient (Wildman–Crippen LogP) is 2.13. The zero-order chi connectivity index (χ0) is 15.8. The molecule has 2 amide bonds. The minimum Gasteiger partial charge on any atom is -0.383 e. The smallest absolute Gasteiger partial charge is 0.226 e. The molecule has 116 valence electrons. The average Bonchev–Trinajstić information content (AvgIpc) is 2.42. The number of nitrogens with one attached hydrogen (secondary N) is 1. The summed E-state index contributed by atoms with van der Waals surface area (Å²) in [4.78, 5) is 25.0. The number of benzene rings is 1. The van der Waals surface area contributed by atoms with E-state index in [0.29, 0.717) is 19.7 Å². The molecule has 21 heavy (non-hydrogen) atoms. The molecule has 0 spiro atoms. The van der Waals surface area contributed by atoms with Crippen molar-refractivity contribution >= 4 is 17.5 Å². The van der Waals surface area contributed by atoms with Gasteiger partial charge < -0.3 is 15.0 Å². The maximum Gasteiger partial charge on any atom is 0.226 e. The van der Waals surface area contributed by atoms with Crippen molar-refractivity contribution < 1.29 is 14.3 Å². The lowest BCUT2D eigenvalue weighted by Gasteiger charge is -2.20. The molecule has 1 aromatic rings. The van der Waals surface area contributed by atoms with Gasteiger partial charge in [-0.05, 0) is 37.1 Å². The number of carbonyl (C=O) groups is 2. The summed E-state index contributed by atoms with van der Waals surface area (Å²) in [7, 11) is 1.59. The summed E-state index contributed by atoms with van der Waals surface area (Å²) >= 11 is 0. The van der Waals surface area contributed by atoms with Crippen LogP contribution in [0.15, 0.2) is 18.2 Å². The van der Waals surface area contributed by atoms with E-state index in [1.54, 1.807) is 12.0 Å². The molecule has 1 rings (SSSR count). The van der Waals surface area contributed by atoms with E-state index >= 15 is 0 Å². The lowest BCUT2D eigenvalue weighted by atomic mass is 10.1. The number of ether oxygens (including phenoxy) is 1. The molecule has 0 fully saturated rings. The summed E-state index contributed by atoms with van der Waals surface area (Å²) < 4.78 is 4.95. The molecule has 1 N–H and O–H groups in total. The monoisotopic (exact) mass is 292 g/mol. The first-order chi connectivity index (χ1) is 9.93. The van der Waals surface area contributed by atoms with Gasteiger partial charge in [0.05, 0.1) is 6.61 Å². The predicted molar refractivity (Wildman–Crippen MR) is 83.3 cm³/mol.